The Hall–Kier alpha value is 1.32. The van der Waals surface area contributed by atoms with Gasteiger partial charge in [-0.3, -0.25) is 0 Å². The summed E-state index contributed by atoms with van der Waals surface area (Å²) in [6, 6.07) is 9.21. The van der Waals surface area contributed by atoms with E-state index in [9.17, 15) is 0 Å². The molecule has 3 rings (SSSR count). The van der Waals surface area contributed by atoms with Gasteiger partial charge in [-0.25, -0.2) is 0 Å². The molecule has 0 amide bonds. The highest BCUT2D eigenvalue weighted by molar-refractivity contribution is 8.76. The van der Waals surface area contributed by atoms with E-state index in [-0.39, 0.29) is 0 Å². The lowest BCUT2D eigenvalue weighted by Crippen LogP contribution is -1.86. The molecule has 2 aliphatic rings. The molecule has 2 heterocycles. The third-order valence-electron chi connectivity index (χ3n) is 2.95. The highest BCUT2D eigenvalue weighted by Crippen LogP contribution is 2.38. The summed E-state index contributed by atoms with van der Waals surface area (Å²) in [6.45, 7) is 0. The van der Waals surface area contributed by atoms with Crippen molar-refractivity contribution >= 4 is 66.7 Å². The van der Waals surface area contributed by atoms with E-state index in [1.165, 1.54) is 34.1 Å². The molecule has 6 heteroatoms. The maximum Gasteiger partial charge on any atom is 0.0288 e. The highest BCUT2D eigenvalue weighted by Gasteiger charge is 2.22. The summed E-state index contributed by atoms with van der Waals surface area (Å²) in [5.74, 6) is 7.70. The Bertz CT molecular complexity index is 360. The SMILES string of the molecule is c1cc(CSSCC2CS2)ccc1CSSCC1CS1. The highest BCUT2D eigenvalue weighted by atomic mass is 33.1. The van der Waals surface area contributed by atoms with E-state index in [0.29, 0.717) is 0 Å². The molecule has 2 aliphatic heterocycles. The van der Waals surface area contributed by atoms with Crippen molar-refractivity contribution in [3.05, 3.63) is 35.4 Å². The topological polar surface area (TPSA) is 0 Å². The minimum absolute atomic E-state index is 0.957. The third-order valence-corrected chi connectivity index (χ3v) is 10.2. The quantitative estimate of drug-likeness (QED) is 0.290. The van der Waals surface area contributed by atoms with Gasteiger partial charge in [0.15, 0.2) is 0 Å². The molecule has 0 radical (unpaired) electrons. The molecule has 2 unspecified atom stereocenters. The summed E-state index contributed by atoms with van der Waals surface area (Å²) in [5.41, 5.74) is 2.92. The van der Waals surface area contributed by atoms with Gasteiger partial charge >= 0.3 is 0 Å². The average molecular weight is 379 g/mol. The Morgan fingerprint density at radius 2 is 1.15 bits per heavy atom. The zero-order chi connectivity index (χ0) is 13.6. The molecule has 2 fully saturated rings. The summed E-state index contributed by atoms with van der Waals surface area (Å²) in [5, 5.41) is 1.91. The van der Waals surface area contributed by atoms with Gasteiger partial charge in [0.2, 0.25) is 0 Å². The first-order valence-electron chi connectivity index (χ1n) is 6.70. The second kappa shape index (κ2) is 8.82. The smallest absolute Gasteiger partial charge is 0.0288 e. The molecule has 0 nitrogen and oxygen atoms in total. The lowest BCUT2D eigenvalue weighted by molar-refractivity contribution is 1.27. The fourth-order valence-corrected chi connectivity index (χ4v) is 8.46. The van der Waals surface area contributed by atoms with Gasteiger partial charge in [-0.05, 0) is 11.1 Å². The number of benzene rings is 1. The normalized spacial score (nSPS) is 23.8. The molecule has 2 saturated heterocycles. The van der Waals surface area contributed by atoms with Crippen LogP contribution in [0.15, 0.2) is 24.3 Å². The van der Waals surface area contributed by atoms with Crippen LogP contribution in [-0.2, 0) is 11.5 Å². The Morgan fingerprint density at radius 3 is 1.50 bits per heavy atom. The van der Waals surface area contributed by atoms with Gasteiger partial charge in [-0.1, -0.05) is 67.4 Å². The molecular weight excluding hydrogens is 361 g/mol. The molecule has 2 atom stereocenters. The molecule has 110 valence electrons. The van der Waals surface area contributed by atoms with Crippen LogP contribution < -0.4 is 0 Å². The van der Waals surface area contributed by atoms with E-state index in [2.05, 4.69) is 47.8 Å². The standard InChI is InChI=1S/C14H18S6/c1-2-12(6-18-20-10-14-8-16-14)4-3-11(1)5-17-19-9-13-7-15-13/h1-4,13-14H,5-10H2. The third kappa shape index (κ3) is 6.61. The summed E-state index contributed by atoms with van der Waals surface area (Å²) in [4.78, 5) is 0. The zero-order valence-corrected chi connectivity index (χ0v) is 16.1. The summed E-state index contributed by atoms with van der Waals surface area (Å²) < 4.78 is 0. The maximum absolute atomic E-state index is 2.30. The van der Waals surface area contributed by atoms with Crippen LogP contribution in [0, 0.1) is 0 Å². The monoisotopic (exact) mass is 378 g/mol. The molecule has 0 aliphatic carbocycles. The van der Waals surface area contributed by atoms with Crippen molar-refractivity contribution in [3.8, 4) is 0 Å². The lowest BCUT2D eigenvalue weighted by atomic mass is 10.2. The zero-order valence-electron chi connectivity index (χ0n) is 11.2. The fraction of sp³-hybridized carbons (Fsp3) is 0.571. The summed E-state index contributed by atoms with van der Waals surface area (Å²) in [6.07, 6.45) is 0. The van der Waals surface area contributed by atoms with Crippen molar-refractivity contribution in [2.75, 3.05) is 23.0 Å². The summed E-state index contributed by atoms with van der Waals surface area (Å²) >= 11 is 4.18. The van der Waals surface area contributed by atoms with Gasteiger partial charge in [0, 0.05) is 45.0 Å². The Balaban J connectivity index is 1.28. The van der Waals surface area contributed by atoms with Crippen molar-refractivity contribution in [1.82, 2.24) is 0 Å². The van der Waals surface area contributed by atoms with Gasteiger partial charge in [-0.2, -0.15) is 23.5 Å². The van der Waals surface area contributed by atoms with E-state index < -0.39 is 0 Å². The van der Waals surface area contributed by atoms with E-state index in [4.69, 9.17) is 0 Å². The number of rotatable bonds is 10. The van der Waals surface area contributed by atoms with Gasteiger partial charge in [0.05, 0.1) is 0 Å². The first-order chi connectivity index (χ1) is 9.90. The van der Waals surface area contributed by atoms with Crippen molar-refractivity contribution in [3.63, 3.8) is 0 Å². The molecule has 0 N–H and O–H groups in total. The average Bonchev–Trinajstić information content (AvgIpc) is 3.36. The van der Waals surface area contributed by atoms with Gasteiger partial charge in [-0.15, -0.1) is 0 Å². The largest absolute Gasteiger partial charge is 0.156 e. The van der Waals surface area contributed by atoms with Gasteiger partial charge < -0.3 is 0 Å². The molecule has 1 aromatic carbocycles. The van der Waals surface area contributed by atoms with E-state index in [1.807, 2.05) is 43.2 Å². The molecule has 0 saturated carbocycles. The minimum Gasteiger partial charge on any atom is -0.156 e. The molecule has 0 spiro atoms. The van der Waals surface area contributed by atoms with E-state index >= 15 is 0 Å². The van der Waals surface area contributed by atoms with Crippen LogP contribution in [0.5, 0.6) is 0 Å². The number of thioether (sulfide) groups is 2. The Kier molecular flexibility index (Phi) is 7.14. The van der Waals surface area contributed by atoms with Crippen LogP contribution in [-0.4, -0.2) is 33.5 Å². The Morgan fingerprint density at radius 1 is 0.750 bits per heavy atom. The number of hydrogen-bond donors (Lipinski definition) is 0. The molecule has 1 aromatic rings. The molecule has 0 aromatic heterocycles. The maximum atomic E-state index is 2.30. The first-order valence-corrected chi connectivity index (χ1v) is 13.8. The van der Waals surface area contributed by atoms with Crippen LogP contribution in [0.3, 0.4) is 0 Å². The van der Waals surface area contributed by atoms with Crippen molar-refractivity contribution in [2.45, 2.75) is 22.0 Å². The predicted octanol–water partition coefficient (Wildman–Crippen LogP) is 5.68. The van der Waals surface area contributed by atoms with Gasteiger partial charge in [0.1, 0.15) is 0 Å². The van der Waals surface area contributed by atoms with Crippen LogP contribution in [0.2, 0.25) is 0 Å². The Labute approximate surface area is 146 Å². The van der Waals surface area contributed by atoms with Crippen molar-refractivity contribution in [2.24, 2.45) is 0 Å². The van der Waals surface area contributed by atoms with Crippen LogP contribution >= 0.6 is 66.7 Å². The van der Waals surface area contributed by atoms with Crippen LogP contribution in [0.1, 0.15) is 11.1 Å². The van der Waals surface area contributed by atoms with Gasteiger partial charge in [0.25, 0.3) is 0 Å². The molecular formula is C14H18S6. The van der Waals surface area contributed by atoms with Crippen LogP contribution in [0.25, 0.3) is 0 Å². The van der Waals surface area contributed by atoms with Crippen molar-refractivity contribution in [1.29, 1.82) is 0 Å². The fourth-order valence-electron chi connectivity index (χ4n) is 1.53. The second-order valence-electron chi connectivity index (χ2n) is 4.82. The lowest BCUT2D eigenvalue weighted by Gasteiger charge is -2.04. The summed E-state index contributed by atoms with van der Waals surface area (Å²) in [7, 11) is 8.08. The molecule has 20 heavy (non-hydrogen) atoms. The minimum atomic E-state index is 0.957. The van der Waals surface area contributed by atoms with Crippen LogP contribution in [0.4, 0.5) is 0 Å². The van der Waals surface area contributed by atoms with Crippen molar-refractivity contribution < 1.29 is 0 Å². The molecule has 0 bridgehead atoms. The van der Waals surface area contributed by atoms with E-state index in [1.54, 1.807) is 0 Å². The first kappa shape index (κ1) is 16.2. The predicted molar refractivity (Wildman–Crippen MR) is 106 cm³/mol. The second-order valence-corrected chi connectivity index (χ2v) is 12.5. The van der Waals surface area contributed by atoms with E-state index in [0.717, 1.165) is 22.0 Å². The number of hydrogen-bond acceptors (Lipinski definition) is 6.